The van der Waals surface area contributed by atoms with E-state index in [1.165, 1.54) is 31.1 Å². The largest absolute Gasteiger partial charge is 0.307 e. The summed E-state index contributed by atoms with van der Waals surface area (Å²) in [6.45, 7) is 0. The van der Waals surface area contributed by atoms with Gasteiger partial charge >= 0.3 is 5.66 Å². The molecule has 2 aliphatic carbocycles. The number of likely N-dealkylation sites (N-methyl/N-ethyl adjacent to an activating group) is 1. The Morgan fingerprint density at radius 1 is 1.08 bits per heavy atom. The lowest BCUT2D eigenvalue weighted by molar-refractivity contribution is -0.578. The second kappa shape index (κ2) is 5.52. The number of rotatable bonds is 4. The Morgan fingerprint density at radius 3 is 2.23 bits per heavy atom. The summed E-state index contributed by atoms with van der Waals surface area (Å²) in [6.07, 6.45) is 2.72. The van der Waals surface area contributed by atoms with E-state index < -0.39 is 37.6 Å². The number of allylic oxidation sites excluding steroid dienone is 2. The predicted octanol–water partition coefficient (Wildman–Crippen LogP) is 1.95. The van der Waals surface area contributed by atoms with Gasteiger partial charge in [-0.15, -0.1) is 0 Å². The van der Waals surface area contributed by atoms with E-state index in [-0.39, 0.29) is 28.7 Å². The average molecular weight is 360 g/mol. The molecule has 11 nitrogen and oxygen atoms in total. The first kappa shape index (κ1) is 17.4. The summed E-state index contributed by atoms with van der Waals surface area (Å²) in [6, 6.07) is 1.65. The highest BCUT2D eigenvalue weighted by Gasteiger charge is 2.57. The number of fused-ring (bicyclic) bond motifs is 2. The molecule has 1 unspecified atom stereocenters. The maximum Gasteiger partial charge on any atom is 0.307 e. The van der Waals surface area contributed by atoms with Gasteiger partial charge in [0, 0.05) is 22.1 Å². The molecular formula is C15H12N4O7. The highest BCUT2D eigenvalue weighted by molar-refractivity contribution is 6.24. The lowest BCUT2D eigenvalue weighted by Crippen LogP contribution is -2.52. The molecule has 3 rings (SSSR count). The van der Waals surface area contributed by atoms with Crippen LogP contribution in [0.3, 0.4) is 0 Å². The summed E-state index contributed by atoms with van der Waals surface area (Å²) in [5.74, 6) is -0.703. The van der Waals surface area contributed by atoms with Crippen molar-refractivity contribution < 1.29 is 19.6 Å². The fourth-order valence-electron chi connectivity index (χ4n) is 3.45. The van der Waals surface area contributed by atoms with Crippen LogP contribution in [-0.4, -0.2) is 45.2 Å². The van der Waals surface area contributed by atoms with E-state index in [2.05, 4.69) is 0 Å². The first-order chi connectivity index (χ1) is 12.1. The quantitative estimate of drug-likeness (QED) is 0.449. The highest BCUT2D eigenvalue weighted by Crippen LogP contribution is 2.50. The molecule has 0 bridgehead atoms. The Kier molecular flexibility index (Phi) is 3.69. The van der Waals surface area contributed by atoms with Crippen molar-refractivity contribution in [3.63, 3.8) is 0 Å². The molecule has 0 saturated carbocycles. The summed E-state index contributed by atoms with van der Waals surface area (Å²) < 4.78 is 0. The van der Waals surface area contributed by atoms with E-state index in [4.69, 9.17) is 0 Å². The molecule has 1 atom stereocenters. The zero-order valence-corrected chi connectivity index (χ0v) is 13.7. The Bertz CT molecular complexity index is 963. The van der Waals surface area contributed by atoms with Crippen LogP contribution in [0, 0.1) is 30.3 Å². The molecule has 1 aromatic rings. The van der Waals surface area contributed by atoms with Crippen LogP contribution in [-0.2, 0) is 0 Å². The van der Waals surface area contributed by atoms with Crippen LogP contribution in [0.1, 0.15) is 22.3 Å². The zero-order valence-electron chi connectivity index (χ0n) is 13.7. The summed E-state index contributed by atoms with van der Waals surface area (Å²) in [5, 5.41) is 34.5. The molecule has 0 N–H and O–H groups in total. The normalized spacial score (nSPS) is 21.0. The highest BCUT2D eigenvalue weighted by atomic mass is 16.6. The lowest BCUT2D eigenvalue weighted by atomic mass is 9.84. The van der Waals surface area contributed by atoms with Gasteiger partial charge < -0.3 is 0 Å². The number of benzene rings is 1. The third-order valence-corrected chi connectivity index (χ3v) is 4.65. The third-order valence-electron chi connectivity index (χ3n) is 4.65. The van der Waals surface area contributed by atoms with E-state index in [0.717, 1.165) is 12.1 Å². The molecule has 2 aliphatic rings. The summed E-state index contributed by atoms with van der Waals surface area (Å²) >= 11 is 0. The van der Waals surface area contributed by atoms with Crippen molar-refractivity contribution >= 4 is 22.7 Å². The van der Waals surface area contributed by atoms with Crippen LogP contribution in [0.2, 0.25) is 0 Å². The number of carbonyl (C=O) groups is 1. The van der Waals surface area contributed by atoms with E-state index in [1.54, 1.807) is 0 Å². The smallest absolute Gasteiger partial charge is 0.289 e. The average Bonchev–Trinajstić information content (AvgIpc) is 2.86. The van der Waals surface area contributed by atoms with E-state index in [0.29, 0.717) is 0 Å². The van der Waals surface area contributed by atoms with Crippen LogP contribution in [0.4, 0.5) is 11.4 Å². The summed E-state index contributed by atoms with van der Waals surface area (Å²) in [5.41, 5.74) is -3.85. The molecule has 0 fully saturated rings. The second-order valence-corrected chi connectivity index (χ2v) is 6.09. The topological polar surface area (TPSA) is 150 Å². The summed E-state index contributed by atoms with van der Waals surface area (Å²) in [4.78, 5) is 46.2. The van der Waals surface area contributed by atoms with E-state index in [9.17, 15) is 35.1 Å². The van der Waals surface area contributed by atoms with Gasteiger partial charge in [0.15, 0.2) is 5.78 Å². The molecule has 0 aliphatic heterocycles. The van der Waals surface area contributed by atoms with Crippen LogP contribution >= 0.6 is 0 Å². The van der Waals surface area contributed by atoms with Gasteiger partial charge in [-0.05, 0) is 14.1 Å². The molecule has 0 aromatic heterocycles. The van der Waals surface area contributed by atoms with Gasteiger partial charge in [-0.2, -0.15) is 0 Å². The van der Waals surface area contributed by atoms with Gasteiger partial charge in [0.1, 0.15) is 0 Å². The van der Waals surface area contributed by atoms with Crippen molar-refractivity contribution in [3.05, 3.63) is 71.3 Å². The SMILES string of the molecule is CN(C)C1([N+](=O)[O-])CC=CC2=C1c1c(cc([N+](=O)[O-])cc1[N+](=O)[O-])C2=O. The van der Waals surface area contributed by atoms with Gasteiger partial charge in [0.2, 0.25) is 0 Å². The maximum absolute atomic E-state index is 12.7. The lowest BCUT2D eigenvalue weighted by Gasteiger charge is -2.33. The Morgan fingerprint density at radius 2 is 1.73 bits per heavy atom. The molecular weight excluding hydrogens is 348 g/mol. The molecule has 1 aromatic carbocycles. The number of nitro groups is 3. The molecule has 0 radical (unpaired) electrons. The monoisotopic (exact) mass is 360 g/mol. The van der Waals surface area contributed by atoms with Crippen LogP contribution in [0.15, 0.2) is 29.9 Å². The number of ketones is 1. The number of hydrogen-bond donors (Lipinski definition) is 0. The van der Waals surface area contributed by atoms with Crippen molar-refractivity contribution in [1.29, 1.82) is 0 Å². The minimum Gasteiger partial charge on any atom is -0.289 e. The van der Waals surface area contributed by atoms with Gasteiger partial charge in [-0.3, -0.25) is 35.1 Å². The third kappa shape index (κ3) is 2.07. The van der Waals surface area contributed by atoms with Gasteiger partial charge in [0.05, 0.1) is 33.5 Å². The Balaban J connectivity index is 2.44. The number of Topliss-reactive ketones (excluding diaryl/α,β-unsaturated/α-hetero) is 1. The molecule has 0 heterocycles. The van der Waals surface area contributed by atoms with Gasteiger partial charge in [-0.1, -0.05) is 12.2 Å². The Labute approximate surface area is 145 Å². The predicted molar refractivity (Wildman–Crippen MR) is 88.2 cm³/mol. The number of hydrogen-bond acceptors (Lipinski definition) is 8. The Hall–Kier alpha value is -3.47. The minimum absolute atomic E-state index is 0.0553. The molecule has 134 valence electrons. The van der Waals surface area contributed by atoms with Crippen molar-refractivity contribution in [2.75, 3.05) is 14.1 Å². The van der Waals surface area contributed by atoms with Crippen LogP contribution in [0.5, 0.6) is 0 Å². The van der Waals surface area contributed by atoms with Gasteiger partial charge in [0.25, 0.3) is 11.4 Å². The van der Waals surface area contributed by atoms with Gasteiger partial charge in [-0.25, -0.2) is 4.90 Å². The molecule has 0 amide bonds. The molecule has 0 spiro atoms. The zero-order chi connectivity index (χ0) is 19.4. The maximum atomic E-state index is 12.7. The standard InChI is InChI=1S/C15H12N4O7/c1-16(2)15(19(25)26)5-3-4-9-13(15)12-10(14(9)20)6-8(17(21)22)7-11(12)18(23)24/h3-4,6-7H,5H2,1-2H3. The number of nitrogens with zero attached hydrogens (tertiary/aromatic N) is 4. The number of non-ortho nitro benzene ring substituents is 1. The van der Waals surface area contributed by atoms with E-state index in [1.807, 2.05) is 0 Å². The van der Waals surface area contributed by atoms with Crippen LogP contribution < -0.4 is 0 Å². The van der Waals surface area contributed by atoms with Crippen molar-refractivity contribution in [2.45, 2.75) is 12.1 Å². The second-order valence-electron chi connectivity index (χ2n) is 6.09. The van der Waals surface area contributed by atoms with Crippen molar-refractivity contribution in [1.82, 2.24) is 4.90 Å². The first-order valence-corrected chi connectivity index (χ1v) is 7.38. The van der Waals surface area contributed by atoms with Crippen molar-refractivity contribution in [2.24, 2.45) is 0 Å². The van der Waals surface area contributed by atoms with E-state index >= 15 is 0 Å². The molecule has 26 heavy (non-hydrogen) atoms. The first-order valence-electron chi connectivity index (χ1n) is 7.38. The number of nitro benzene ring substituents is 2. The minimum atomic E-state index is -1.88. The summed E-state index contributed by atoms with van der Waals surface area (Å²) in [7, 11) is 2.87. The number of carbonyl (C=O) groups excluding carboxylic acids is 1. The molecule has 11 heteroatoms. The fourth-order valence-corrected chi connectivity index (χ4v) is 3.45. The van der Waals surface area contributed by atoms with Crippen LogP contribution in [0.25, 0.3) is 5.57 Å². The van der Waals surface area contributed by atoms with Crippen molar-refractivity contribution in [3.8, 4) is 0 Å². The fraction of sp³-hybridized carbons (Fsp3) is 0.267. The molecule has 0 saturated heterocycles.